The minimum Gasteiger partial charge on any atom is -0.360 e. The van der Waals surface area contributed by atoms with Gasteiger partial charge >= 0.3 is 0 Å². The summed E-state index contributed by atoms with van der Waals surface area (Å²) in [5.41, 5.74) is 0.185. The molecule has 0 bridgehead atoms. The lowest BCUT2D eigenvalue weighted by atomic mass is 9.96. The molecule has 1 aromatic rings. The van der Waals surface area contributed by atoms with E-state index in [1.54, 1.807) is 12.1 Å². The molecule has 140 valence electrons. The number of sulfonamides is 1. The van der Waals surface area contributed by atoms with Crippen LogP contribution in [0.5, 0.6) is 0 Å². The molecule has 1 N–H and O–H groups in total. The van der Waals surface area contributed by atoms with Crippen molar-refractivity contribution in [2.45, 2.75) is 43.0 Å². The molecule has 1 saturated heterocycles. The number of nitrogens with zero attached hydrogens (tertiary/aromatic N) is 3. The van der Waals surface area contributed by atoms with Crippen LogP contribution in [-0.2, 0) is 10.0 Å². The fourth-order valence-corrected chi connectivity index (χ4v) is 5.48. The highest BCUT2D eigenvalue weighted by Crippen LogP contribution is 2.22. The zero-order valence-electron chi connectivity index (χ0n) is 14.7. The number of rotatable bonds is 3. The van der Waals surface area contributed by atoms with Crippen LogP contribution in [0, 0.1) is 11.3 Å². The van der Waals surface area contributed by atoms with Crippen molar-refractivity contribution in [1.82, 2.24) is 14.5 Å². The van der Waals surface area contributed by atoms with Gasteiger partial charge in [0.1, 0.15) is 6.07 Å². The molecule has 0 atom stereocenters. The molecule has 0 radical (unpaired) electrons. The predicted molar refractivity (Wildman–Crippen MR) is 104 cm³/mol. The first-order chi connectivity index (χ1) is 12.5. The number of benzene rings is 1. The molecule has 0 amide bonds. The first-order valence-electron chi connectivity index (χ1n) is 9.07. The van der Waals surface area contributed by atoms with Gasteiger partial charge in [-0.1, -0.05) is 31.4 Å². The highest BCUT2D eigenvalue weighted by molar-refractivity contribution is 7.89. The van der Waals surface area contributed by atoms with Gasteiger partial charge in [0.25, 0.3) is 0 Å². The molecule has 6 nitrogen and oxygen atoms in total. The summed E-state index contributed by atoms with van der Waals surface area (Å²) < 4.78 is 27.2. The minimum absolute atomic E-state index is 0.0823. The van der Waals surface area contributed by atoms with Gasteiger partial charge in [-0.05, 0) is 37.2 Å². The van der Waals surface area contributed by atoms with E-state index in [0.717, 1.165) is 18.0 Å². The fourth-order valence-electron chi connectivity index (χ4n) is 3.57. The van der Waals surface area contributed by atoms with Crippen molar-refractivity contribution in [3.05, 3.63) is 29.8 Å². The Hall–Kier alpha value is -1.69. The maximum Gasteiger partial charge on any atom is 0.244 e. The molecule has 0 aromatic heterocycles. The van der Waals surface area contributed by atoms with Gasteiger partial charge in [-0.2, -0.15) is 9.57 Å². The van der Waals surface area contributed by atoms with E-state index in [1.165, 1.54) is 35.7 Å². The molecule has 0 spiro atoms. The average molecular weight is 393 g/mol. The zero-order valence-corrected chi connectivity index (χ0v) is 16.4. The van der Waals surface area contributed by atoms with Gasteiger partial charge in [0.2, 0.25) is 10.0 Å². The summed E-state index contributed by atoms with van der Waals surface area (Å²) in [6.45, 7) is 1.86. The highest BCUT2D eigenvalue weighted by Gasteiger charge is 2.31. The van der Waals surface area contributed by atoms with E-state index < -0.39 is 10.0 Å². The Morgan fingerprint density at radius 1 is 1.12 bits per heavy atom. The summed E-state index contributed by atoms with van der Waals surface area (Å²) in [4.78, 5) is 2.13. The van der Waals surface area contributed by atoms with Gasteiger partial charge in [0.15, 0.2) is 5.11 Å². The summed E-state index contributed by atoms with van der Waals surface area (Å²) in [6.07, 6.45) is 6.08. The van der Waals surface area contributed by atoms with Crippen molar-refractivity contribution >= 4 is 27.4 Å². The van der Waals surface area contributed by atoms with Crippen LogP contribution in [0.25, 0.3) is 0 Å². The van der Waals surface area contributed by atoms with E-state index in [9.17, 15) is 13.7 Å². The average Bonchev–Trinajstić information content (AvgIpc) is 2.68. The molecule has 1 heterocycles. The van der Waals surface area contributed by atoms with Gasteiger partial charge in [0.05, 0.1) is 10.5 Å². The van der Waals surface area contributed by atoms with Crippen LogP contribution in [-0.4, -0.2) is 55.0 Å². The molecule has 1 saturated carbocycles. The summed E-state index contributed by atoms with van der Waals surface area (Å²) in [6, 6.07) is 8.76. The van der Waals surface area contributed by atoms with Crippen molar-refractivity contribution in [3.8, 4) is 6.07 Å². The van der Waals surface area contributed by atoms with Crippen LogP contribution in [0.15, 0.2) is 29.2 Å². The van der Waals surface area contributed by atoms with E-state index in [2.05, 4.69) is 5.32 Å². The smallest absolute Gasteiger partial charge is 0.244 e. The first kappa shape index (κ1) is 19.1. The quantitative estimate of drug-likeness (QED) is 0.794. The second-order valence-corrected chi connectivity index (χ2v) is 9.08. The van der Waals surface area contributed by atoms with Crippen molar-refractivity contribution in [1.29, 1.82) is 5.26 Å². The SMILES string of the molecule is N#Cc1ccccc1S(=O)(=O)N1CCN(C(=S)NC2CCCCC2)CC1. The van der Waals surface area contributed by atoms with Crippen molar-refractivity contribution in [3.63, 3.8) is 0 Å². The first-order valence-corrected chi connectivity index (χ1v) is 10.9. The maximum absolute atomic E-state index is 12.9. The molecular formula is C18H24N4O2S2. The predicted octanol–water partition coefficient (Wildman–Crippen LogP) is 2.07. The molecule has 2 aliphatic rings. The van der Waals surface area contributed by atoms with Crippen molar-refractivity contribution in [2.24, 2.45) is 0 Å². The summed E-state index contributed by atoms with van der Waals surface area (Å²) in [7, 11) is -3.66. The third-order valence-corrected chi connectivity index (χ3v) is 7.42. The Kier molecular flexibility index (Phi) is 6.12. The van der Waals surface area contributed by atoms with Crippen LogP contribution in [0.4, 0.5) is 0 Å². The summed E-state index contributed by atoms with van der Waals surface area (Å²) in [5, 5.41) is 13.4. The molecule has 8 heteroatoms. The van der Waals surface area contributed by atoms with Gasteiger partial charge < -0.3 is 10.2 Å². The molecular weight excluding hydrogens is 368 g/mol. The van der Waals surface area contributed by atoms with Crippen LogP contribution < -0.4 is 5.32 Å². The summed E-state index contributed by atoms with van der Waals surface area (Å²) in [5.74, 6) is 0. The lowest BCUT2D eigenvalue weighted by Crippen LogP contribution is -2.54. The highest BCUT2D eigenvalue weighted by atomic mass is 32.2. The van der Waals surface area contributed by atoms with Crippen molar-refractivity contribution < 1.29 is 8.42 Å². The molecule has 1 aromatic carbocycles. The Balaban J connectivity index is 1.61. The lowest BCUT2D eigenvalue weighted by molar-refractivity contribution is 0.259. The minimum atomic E-state index is -3.66. The van der Waals surface area contributed by atoms with E-state index in [-0.39, 0.29) is 10.5 Å². The Morgan fingerprint density at radius 2 is 1.77 bits per heavy atom. The molecule has 26 heavy (non-hydrogen) atoms. The van der Waals surface area contributed by atoms with Gasteiger partial charge in [-0.25, -0.2) is 8.42 Å². The Bertz CT molecular complexity index is 790. The number of hydrogen-bond acceptors (Lipinski definition) is 4. The topological polar surface area (TPSA) is 76.4 Å². The van der Waals surface area contributed by atoms with Gasteiger partial charge in [0, 0.05) is 32.2 Å². The zero-order chi connectivity index (χ0) is 18.6. The molecule has 0 unspecified atom stereocenters. The maximum atomic E-state index is 12.9. The third kappa shape index (κ3) is 4.17. The Labute approximate surface area is 160 Å². The van der Waals surface area contributed by atoms with E-state index in [0.29, 0.717) is 32.2 Å². The lowest BCUT2D eigenvalue weighted by Gasteiger charge is -2.37. The number of nitrogens with one attached hydrogen (secondary N) is 1. The molecule has 3 rings (SSSR count). The van der Waals surface area contributed by atoms with Crippen LogP contribution in [0.3, 0.4) is 0 Å². The number of hydrogen-bond donors (Lipinski definition) is 1. The van der Waals surface area contributed by atoms with Gasteiger partial charge in [-0.15, -0.1) is 0 Å². The van der Waals surface area contributed by atoms with E-state index >= 15 is 0 Å². The third-order valence-electron chi connectivity index (χ3n) is 5.08. The summed E-state index contributed by atoms with van der Waals surface area (Å²) >= 11 is 5.52. The monoisotopic (exact) mass is 392 g/mol. The molecule has 1 aliphatic carbocycles. The van der Waals surface area contributed by atoms with Crippen LogP contribution in [0.2, 0.25) is 0 Å². The second-order valence-electron chi connectivity index (χ2n) is 6.78. The van der Waals surface area contributed by atoms with Crippen molar-refractivity contribution in [2.75, 3.05) is 26.2 Å². The van der Waals surface area contributed by atoms with E-state index in [4.69, 9.17) is 12.2 Å². The van der Waals surface area contributed by atoms with Crippen LogP contribution in [0.1, 0.15) is 37.7 Å². The normalized spacial score (nSPS) is 19.7. The number of nitriles is 1. The fraction of sp³-hybridized carbons (Fsp3) is 0.556. The number of piperazine rings is 1. The largest absolute Gasteiger partial charge is 0.360 e. The van der Waals surface area contributed by atoms with E-state index in [1.807, 2.05) is 11.0 Å². The standard InChI is InChI=1S/C18H24N4O2S2/c19-14-15-6-4-5-9-17(15)26(23,24)22-12-10-21(11-13-22)18(25)20-16-7-2-1-3-8-16/h4-6,9,16H,1-3,7-8,10-13H2,(H,20,25). The molecule has 2 fully saturated rings. The number of thiocarbonyl (C=S) groups is 1. The Morgan fingerprint density at radius 3 is 2.42 bits per heavy atom. The van der Waals surface area contributed by atoms with Gasteiger partial charge in [-0.3, -0.25) is 0 Å². The molecule has 1 aliphatic heterocycles. The van der Waals surface area contributed by atoms with Crippen LogP contribution >= 0.6 is 12.2 Å². The second kappa shape index (κ2) is 8.33.